The van der Waals surface area contributed by atoms with Gasteiger partial charge in [-0.15, -0.1) is 0 Å². The van der Waals surface area contributed by atoms with E-state index in [1.165, 1.54) is 6.42 Å². The SMILES string of the molecule is C[C@@H]1CCCN(C(=O)Nc2cccc(OCC(N)=O)c2)C1. The number of piperidine rings is 1. The Balaban J connectivity index is 1.94. The first-order valence-corrected chi connectivity index (χ1v) is 7.11. The molecule has 0 spiro atoms. The Morgan fingerprint density at radius 1 is 1.48 bits per heavy atom. The molecule has 0 saturated carbocycles. The summed E-state index contributed by atoms with van der Waals surface area (Å²) >= 11 is 0. The molecule has 2 rings (SSSR count). The first-order chi connectivity index (χ1) is 10.0. The fourth-order valence-corrected chi connectivity index (χ4v) is 2.39. The molecule has 1 aromatic rings. The molecule has 21 heavy (non-hydrogen) atoms. The molecule has 0 aliphatic carbocycles. The lowest BCUT2D eigenvalue weighted by molar-refractivity contribution is -0.119. The maximum Gasteiger partial charge on any atom is 0.321 e. The van der Waals surface area contributed by atoms with Crippen molar-refractivity contribution in [3.05, 3.63) is 24.3 Å². The van der Waals surface area contributed by atoms with E-state index in [-0.39, 0.29) is 12.6 Å². The smallest absolute Gasteiger partial charge is 0.321 e. The Kier molecular flexibility index (Phi) is 5.03. The zero-order valence-electron chi connectivity index (χ0n) is 12.2. The quantitative estimate of drug-likeness (QED) is 0.887. The van der Waals surface area contributed by atoms with E-state index in [1.54, 1.807) is 24.3 Å². The molecule has 6 heteroatoms. The van der Waals surface area contributed by atoms with Crippen molar-refractivity contribution in [2.24, 2.45) is 11.7 Å². The van der Waals surface area contributed by atoms with Gasteiger partial charge in [-0.05, 0) is 30.9 Å². The highest BCUT2D eigenvalue weighted by molar-refractivity contribution is 5.89. The fourth-order valence-electron chi connectivity index (χ4n) is 2.39. The van der Waals surface area contributed by atoms with E-state index >= 15 is 0 Å². The number of carbonyl (C=O) groups excluding carboxylic acids is 2. The third-order valence-corrected chi connectivity index (χ3v) is 3.41. The number of urea groups is 1. The Bertz CT molecular complexity index is 519. The molecule has 1 heterocycles. The molecule has 0 unspecified atom stereocenters. The minimum atomic E-state index is -0.535. The van der Waals surface area contributed by atoms with E-state index in [0.29, 0.717) is 17.4 Å². The summed E-state index contributed by atoms with van der Waals surface area (Å²) in [5.74, 6) is 0.500. The van der Waals surface area contributed by atoms with Gasteiger partial charge in [0.05, 0.1) is 0 Å². The Morgan fingerprint density at radius 3 is 3.00 bits per heavy atom. The maximum atomic E-state index is 12.2. The molecule has 114 valence electrons. The number of benzene rings is 1. The van der Waals surface area contributed by atoms with Gasteiger partial charge in [-0.25, -0.2) is 4.79 Å². The number of primary amides is 1. The van der Waals surface area contributed by atoms with E-state index < -0.39 is 5.91 Å². The first kappa shape index (κ1) is 15.2. The summed E-state index contributed by atoms with van der Waals surface area (Å²) in [5, 5.41) is 2.85. The van der Waals surface area contributed by atoms with Crippen molar-refractivity contribution < 1.29 is 14.3 Å². The predicted octanol–water partition coefficient (Wildman–Crippen LogP) is 1.81. The van der Waals surface area contributed by atoms with Crippen molar-refractivity contribution in [2.75, 3.05) is 25.0 Å². The van der Waals surface area contributed by atoms with Crippen LogP contribution in [0.5, 0.6) is 5.75 Å². The van der Waals surface area contributed by atoms with Crippen LogP contribution >= 0.6 is 0 Å². The van der Waals surface area contributed by atoms with E-state index in [1.807, 2.05) is 4.90 Å². The van der Waals surface area contributed by atoms with E-state index in [4.69, 9.17) is 10.5 Å². The molecular formula is C15H21N3O3. The molecule has 3 amide bonds. The van der Waals surface area contributed by atoms with Crippen LogP contribution in [-0.4, -0.2) is 36.5 Å². The average Bonchev–Trinajstić information content (AvgIpc) is 2.45. The fraction of sp³-hybridized carbons (Fsp3) is 0.467. The van der Waals surface area contributed by atoms with Gasteiger partial charge in [0, 0.05) is 24.8 Å². The number of nitrogens with one attached hydrogen (secondary N) is 1. The van der Waals surface area contributed by atoms with E-state index in [2.05, 4.69) is 12.2 Å². The van der Waals surface area contributed by atoms with Crippen LogP contribution < -0.4 is 15.8 Å². The van der Waals surface area contributed by atoms with Crippen LogP contribution in [-0.2, 0) is 4.79 Å². The van der Waals surface area contributed by atoms with Gasteiger partial charge >= 0.3 is 6.03 Å². The third kappa shape index (κ3) is 4.66. The zero-order valence-corrected chi connectivity index (χ0v) is 12.2. The number of nitrogens with zero attached hydrogens (tertiary/aromatic N) is 1. The number of hydrogen-bond acceptors (Lipinski definition) is 3. The summed E-state index contributed by atoms with van der Waals surface area (Å²) in [7, 11) is 0. The number of ether oxygens (including phenoxy) is 1. The molecular weight excluding hydrogens is 270 g/mol. The first-order valence-electron chi connectivity index (χ1n) is 7.11. The van der Waals surface area contributed by atoms with Gasteiger partial charge in [0.1, 0.15) is 5.75 Å². The van der Waals surface area contributed by atoms with Crippen molar-refractivity contribution in [1.29, 1.82) is 0 Å². The zero-order chi connectivity index (χ0) is 15.2. The van der Waals surface area contributed by atoms with Gasteiger partial charge in [0.15, 0.2) is 6.61 Å². The van der Waals surface area contributed by atoms with Gasteiger partial charge in [-0.3, -0.25) is 4.79 Å². The highest BCUT2D eigenvalue weighted by Crippen LogP contribution is 2.20. The molecule has 0 aromatic heterocycles. The summed E-state index contributed by atoms with van der Waals surface area (Å²) in [5.41, 5.74) is 5.67. The largest absolute Gasteiger partial charge is 0.484 e. The summed E-state index contributed by atoms with van der Waals surface area (Å²) in [6.07, 6.45) is 2.20. The highest BCUT2D eigenvalue weighted by atomic mass is 16.5. The number of nitrogens with two attached hydrogens (primary N) is 1. The van der Waals surface area contributed by atoms with Crippen molar-refractivity contribution in [2.45, 2.75) is 19.8 Å². The lowest BCUT2D eigenvalue weighted by atomic mass is 10.0. The minimum absolute atomic E-state index is 0.103. The van der Waals surface area contributed by atoms with Gasteiger partial charge in [0.25, 0.3) is 5.91 Å². The van der Waals surface area contributed by atoms with Crippen molar-refractivity contribution >= 4 is 17.6 Å². The third-order valence-electron chi connectivity index (χ3n) is 3.41. The van der Waals surface area contributed by atoms with Gasteiger partial charge in [0.2, 0.25) is 0 Å². The monoisotopic (exact) mass is 291 g/mol. The average molecular weight is 291 g/mol. The van der Waals surface area contributed by atoms with Crippen LogP contribution in [0.25, 0.3) is 0 Å². The standard InChI is InChI=1S/C15H21N3O3/c1-11-4-3-7-18(9-11)15(20)17-12-5-2-6-13(8-12)21-10-14(16)19/h2,5-6,8,11H,3-4,7,9-10H2,1H3,(H2,16,19)(H,17,20)/t11-/m1/s1. The second kappa shape index (κ2) is 6.97. The molecule has 3 N–H and O–H groups in total. The lowest BCUT2D eigenvalue weighted by Crippen LogP contribution is -2.41. The molecule has 1 atom stereocenters. The molecule has 1 fully saturated rings. The Morgan fingerprint density at radius 2 is 2.29 bits per heavy atom. The van der Waals surface area contributed by atoms with Crippen molar-refractivity contribution in [3.63, 3.8) is 0 Å². The van der Waals surface area contributed by atoms with Crippen molar-refractivity contribution in [1.82, 2.24) is 4.90 Å². The summed E-state index contributed by atoms with van der Waals surface area (Å²) in [6.45, 7) is 3.54. The van der Waals surface area contributed by atoms with Gasteiger partial charge in [-0.1, -0.05) is 13.0 Å². The molecule has 0 radical (unpaired) electrons. The molecule has 1 aliphatic rings. The summed E-state index contributed by atoms with van der Waals surface area (Å²) < 4.78 is 5.21. The second-order valence-corrected chi connectivity index (χ2v) is 5.41. The normalized spacial score (nSPS) is 18.1. The highest BCUT2D eigenvalue weighted by Gasteiger charge is 2.20. The predicted molar refractivity (Wildman–Crippen MR) is 80.1 cm³/mol. The van der Waals surface area contributed by atoms with Crippen molar-refractivity contribution in [3.8, 4) is 5.75 Å². The maximum absolute atomic E-state index is 12.2. The van der Waals surface area contributed by atoms with Crippen LogP contribution in [0.1, 0.15) is 19.8 Å². The number of hydrogen-bond donors (Lipinski definition) is 2. The molecule has 0 bridgehead atoms. The van der Waals surface area contributed by atoms with Crippen LogP contribution in [0, 0.1) is 5.92 Å². The topological polar surface area (TPSA) is 84.7 Å². The van der Waals surface area contributed by atoms with Crippen LogP contribution in [0.2, 0.25) is 0 Å². The number of rotatable bonds is 4. The lowest BCUT2D eigenvalue weighted by Gasteiger charge is -2.30. The van der Waals surface area contributed by atoms with E-state index in [0.717, 1.165) is 19.5 Å². The molecule has 1 aromatic carbocycles. The van der Waals surface area contributed by atoms with Gasteiger partial charge in [-0.2, -0.15) is 0 Å². The molecule has 1 saturated heterocycles. The number of carbonyl (C=O) groups is 2. The van der Waals surface area contributed by atoms with Crippen LogP contribution in [0.4, 0.5) is 10.5 Å². The van der Waals surface area contributed by atoms with E-state index in [9.17, 15) is 9.59 Å². The molecule has 6 nitrogen and oxygen atoms in total. The van der Waals surface area contributed by atoms with Crippen LogP contribution in [0.15, 0.2) is 24.3 Å². The van der Waals surface area contributed by atoms with Gasteiger partial charge < -0.3 is 20.7 Å². The second-order valence-electron chi connectivity index (χ2n) is 5.41. The summed E-state index contributed by atoms with van der Waals surface area (Å²) in [6, 6.07) is 6.82. The summed E-state index contributed by atoms with van der Waals surface area (Å²) in [4.78, 5) is 24.7. The van der Waals surface area contributed by atoms with Crippen LogP contribution in [0.3, 0.4) is 0 Å². The number of amides is 3. The number of anilines is 1. The molecule has 1 aliphatic heterocycles. The Labute approximate surface area is 124 Å². The number of likely N-dealkylation sites (tertiary alicyclic amines) is 1. The minimum Gasteiger partial charge on any atom is -0.484 e. The Hall–Kier alpha value is -2.24.